The third-order valence-electron chi connectivity index (χ3n) is 3.25. The van der Waals surface area contributed by atoms with Gasteiger partial charge < -0.3 is 5.32 Å². The maximum Gasteiger partial charge on any atom is 0.0576 e. The van der Waals surface area contributed by atoms with Gasteiger partial charge >= 0.3 is 0 Å². The smallest absolute Gasteiger partial charge is 0.0576 e. The van der Waals surface area contributed by atoms with Crippen molar-refractivity contribution >= 4 is 15.9 Å². The second-order valence-corrected chi connectivity index (χ2v) is 5.41. The number of aromatic nitrogens is 1. The zero-order chi connectivity index (χ0) is 12.1. The number of hydrogen-bond donors (Lipinski definition) is 1. The van der Waals surface area contributed by atoms with E-state index in [2.05, 4.69) is 50.2 Å². The first-order chi connectivity index (χ1) is 8.31. The Morgan fingerprint density at radius 2 is 2.18 bits per heavy atom. The van der Waals surface area contributed by atoms with E-state index in [0.717, 1.165) is 30.7 Å². The van der Waals surface area contributed by atoms with Gasteiger partial charge in [-0.25, -0.2) is 0 Å². The lowest BCUT2D eigenvalue weighted by molar-refractivity contribution is 0.161. The lowest BCUT2D eigenvalue weighted by atomic mass is 10.0. The minimum Gasteiger partial charge on any atom is -0.314 e. The molecule has 94 valence electrons. The highest BCUT2D eigenvalue weighted by Crippen LogP contribution is 2.25. The molecule has 1 N–H and O–H groups in total. The molecule has 0 aromatic carbocycles. The quantitative estimate of drug-likeness (QED) is 0.926. The van der Waals surface area contributed by atoms with E-state index in [9.17, 15) is 0 Å². The number of piperazine rings is 1. The minimum absolute atomic E-state index is 0.482. The van der Waals surface area contributed by atoms with Crippen molar-refractivity contribution in [1.82, 2.24) is 15.2 Å². The molecule has 0 radical (unpaired) electrons. The molecule has 1 atom stereocenters. The van der Waals surface area contributed by atoms with Crippen LogP contribution in [0.1, 0.15) is 31.5 Å². The largest absolute Gasteiger partial charge is 0.314 e. The molecule has 0 bridgehead atoms. The molecule has 0 unspecified atom stereocenters. The summed E-state index contributed by atoms with van der Waals surface area (Å²) >= 11 is 3.44. The van der Waals surface area contributed by atoms with Crippen molar-refractivity contribution in [2.24, 2.45) is 0 Å². The van der Waals surface area contributed by atoms with E-state index < -0.39 is 0 Å². The predicted molar refractivity (Wildman–Crippen MR) is 74.0 cm³/mol. The Morgan fingerprint density at radius 3 is 2.76 bits per heavy atom. The number of halogens is 1. The van der Waals surface area contributed by atoms with Crippen LogP contribution in [0, 0.1) is 0 Å². The van der Waals surface area contributed by atoms with Crippen molar-refractivity contribution in [1.29, 1.82) is 0 Å². The monoisotopic (exact) mass is 297 g/mol. The average molecular weight is 298 g/mol. The maximum atomic E-state index is 4.56. The van der Waals surface area contributed by atoms with E-state index in [1.54, 1.807) is 0 Å². The summed E-state index contributed by atoms with van der Waals surface area (Å²) in [6.07, 6.45) is 4.29. The Labute approximate surface area is 112 Å². The Kier molecular flexibility index (Phi) is 4.95. The molecular formula is C13H20BrN3. The van der Waals surface area contributed by atoms with Crippen LogP contribution >= 0.6 is 15.9 Å². The van der Waals surface area contributed by atoms with E-state index in [-0.39, 0.29) is 0 Å². The highest BCUT2D eigenvalue weighted by molar-refractivity contribution is 9.10. The molecule has 3 nitrogen and oxygen atoms in total. The van der Waals surface area contributed by atoms with E-state index in [1.807, 2.05) is 6.20 Å². The maximum absolute atomic E-state index is 4.56. The molecule has 0 spiro atoms. The van der Waals surface area contributed by atoms with Crippen LogP contribution in [0.2, 0.25) is 0 Å². The first-order valence-corrected chi connectivity index (χ1v) is 7.16. The summed E-state index contributed by atoms with van der Waals surface area (Å²) < 4.78 is 1.05. The van der Waals surface area contributed by atoms with Crippen LogP contribution in [0.5, 0.6) is 0 Å². The number of rotatable bonds is 4. The SMILES string of the molecule is CCC[C@H](c1ccc(Br)cn1)N1CCNCC1. The summed E-state index contributed by atoms with van der Waals surface area (Å²) in [5.41, 5.74) is 1.21. The number of nitrogens with zero attached hydrogens (tertiary/aromatic N) is 2. The van der Waals surface area contributed by atoms with Crippen LogP contribution in [-0.2, 0) is 0 Å². The highest BCUT2D eigenvalue weighted by Gasteiger charge is 2.22. The molecule has 1 fully saturated rings. The average Bonchev–Trinajstić information content (AvgIpc) is 2.38. The van der Waals surface area contributed by atoms with Gasteiger partial charge in [0, 0.05) is 36.8 Å². The molecule has 0 saturated carbocycles. The van der Waals surface area contributed by atoms with E-state index in [4.69, 9.17) is 0 Å². The van der Waals surface area contributed by atoms with E-state index >= 15 is 0 Å². The third kappa shape index (κ3) is 3.50. The molecule has 2 rings (SSSR count). The molecule has 1 aromatic heterocycles. The van der Waals surface area contributed by atoms with Crippen molar-refractivity contribution in [2.45, 2.75) is 25.8 Å². The van der Waals surface area contributed by atoms with Crippen LogP contribution in [0.3, 0.4) is 0 Å². The molecule has 2 heterocycles. The Hall–Kier alpha value is -0.450. The molecule has 1 aliphatic rings. The third-order valence-corrected chi connectivity index (χ3v) is 3.72. The van der Waals surface area contributed by atoms with Crippen LogP contribution in [0.15, 0.2) is 22.8 Å². The van der Waals surface area contributed by atoms with Gasteiger partial charge in [0.2, 0.25) is 0 Å². The zero-order valence-corrected chi connectivity index (χ0v) is 11.9. The van der Waals surface area contributed by atoms with Crippen molar-refractivity contribution in [3.8, 4) is 0 Å². The van der Waals surface area contributed by atoms with Gasteiger partial charge in [0.25, 0.3) is 0 Å². The van der Waals surface area contributed by atoms with Crippen molar-refractivity contribution in [3.05, 3.63) is 28.5 Å². The van der Waals surface area contributed by atoms with Gasteiger partial charge in [-0.1, -0.05) is 13.3 Å². The Balaban J connectivity index is 2.12. The molecular weight excluding hydrogens is 278 g/mol. The molecule has 1 saturated heterocycles. The van der Waals surface area contributed by atoms with E-state index in [0.29, 0.717) is 6.04 Å². The topological polar surface area (TPSA) is 28.2 Å². The van der Waals surface area contributed by atoms with Crippen LogP contribution in [0.25, 0.3) is 0 Å². The number of pyridine rings is 1. The normalized spacial score (nSPS) is 19.2. The lowest BCUT2D eigenvalue weighted by Crippen LogP contribution is -2.45. The summed E-state index contributed by atoms with van der Waals surface area (Å²) in [4.78, 5) is 7.12. The standard InChI is InChI=1S/C13H20BrN3/c1-2-3-13(17-8-6-15-7-9-17)12-5-4-11(14)10-16-12/h4-5,10,13,15H,2-3,6-9H2,1H3/t13-/m1/s1. The molecule has 0 amide bonds. The van der Waals surface area contributed by atoms with Gasteiger partial charge in [0.15, 0.2) is 0 Å². The summed E-state index contributed by atoms with van der Waals surface area (Å²) in [5, 5.41) is 3.40. The van der Waals surface area contributed by atoms with Gasteiger partial charge in [-0.2, -0.15) is 0 Å². The van der Waals surface area contributed by atoms with Gasteiger partial charge in [-0.3, -0.25) is 9.88 Å². The Morgan fingerprint density at radius 1 is 1.41 bits per heavy atom. The number of hydrogen-bond acceptors (Lipinski definition) is 3. The summed E-state index contributed by atoms with van der Waals surface area (Å²) in [6, 6.07) is 4.72. The number of nitrogens with one attached hydrogen (secondary N) is 1. The summed E-state index contributed by atoms with van der Waals surface area (Å²) in [7, 11) is 0. The molecule has 0 aliphatic carbocycles. The highest BCUT2D eigenvalue weighted by atomic mass is 79.9. The predicted octanol–water partition coefficient (Wildman–Crippen LogP) is 2.59. The minimum atomic E-state index is 0.482. The van der Waals surface area contributed by atoms with Crippen molar-refractivity contribution < 1.29 is 0 Å². The van der Waals surface area contributed by atoms with E-state index in [1.165, 1.54) is 18.5 Å². The fourth-order valence-corrected chi connectivity index (χ4v) is 2.60. The fraction of sp³-hybridized carbons (Fsp3) is 0.615. The molecule has 17 heavy (non-hydrogen) atoms. The second kappa shape index (κ2) is 6.47. The zero-order valence-electron chi connectivity index (χ0n) is 10.3. The molecule has 4 heteroatoms. The van der Waals surface area contributed by atoms with Gasteiger partial charge in [-0.05, 0) is 34.5 Å². The van der Waals surface area contributed by atoms with Crippen molar-refractivity contribution in [3.63, 3.8) is 0 Å². The van der Waals surface area contributed by atoms with Gasteiger partial charge in [-0.15, -0.1) is 0 Å². The van der Waals surface area contributed by atoms with Crippen molar-refractivity contribution in [2.75, 3.05) is 26.2 Å². The fourth-order valence-electron chi connectivity index (χ4n) is 2.37. The first kappa shape index (κ1) is 13.0. The molecule has 1 aromatic rings. The van der Waals surface area contributed by atoms with Gasteiger partial charge in [0.05, 0.1) is 11.7 Å². The lowest BCUT2D eigenvalue weighted by Gasteiger charge is -2.34. The second-order valence-electron chi connectivity index (χ2n) is 4.49. The summed E-state index contributed by atoms with van der Waals surface area (Å²) in [6.45, 7) is 6.69. The molecule has 1 aliphatic heterocycles. The van der Waals surface area contributed by atoms with Gasteiger partial charge in [0.1, 0.15) is 0 Å². The van der Waals surface area contributed by atoms with Crippen LogP contribution in [-0.4, -0.2) is 36.1 Å². The van der Waals surface area contributed by atoms with Crippen LogP contribution in [0.4, 0.5) is 0 Å². The Bertz CT molecular complexity index is 333. The first-order valence-electron chi connectivity index (χ1n) is 6.37. The summed E-state index contributed by atoms with van der Waals surface area (Å²) in [5.74, 6) is 0. The van der Waals surface area contributed by atoms with Crippen LogP contribution < -0.4 is 5.32 Å².